The molecule has 0 saturated carbocycles. The van der Waals surface area contributed by atoms with E-state index in [9.17, 15) is 9.59 Å². The first kappa shape index (κ1) is 25.3. The van der Waals surface area contributed by atoms with Crippen molar-refractivity contribution in [2.45, 2.75) is 13.2 Å². The molecule has 1 amide bonds. The molecule has 1 N–H and O–H groups in total. The highest BCUT2D eigenvalue weighted by Crippen LogP contribution is 2.33. The number of hydrogen-bond acceptors (Lipinski definition) is 8. The van der Waals surface area contributed by atoms with Crippen molar-refractivity contribution < 1.29 is 28.5 Å². The first-order chi connectivity index (χ1) is 17.5. The van der Waals surface area contributed by atoms with Crippen molar-refractivity contribution in [3.63, 3.8) is 0 Å². The van der Waals surface area contributed by atoms with Gasteiger partial charge in [0.15, 0.2) is 23.0 Å². The van der Waals surface area contributed by atoms with Crippen LogP contribution in [-0.4, -0.2) is 30.7 Å². The Morgan fingerprint density at radius 2 is 1.39 bits per heavy atom. The monoisotopic (exact) mass is 521 g/mol. The van der Waals surface area contributed by atoms with E-state index in [2.05, 4.69) is 5.32 Å². The lowest BCUT2D eigenvalue weighted by Gasteiger charge is -2.15. The van der Waals surface area contributed by atoms with Gasteiger partial charge < -0.3 is 24.3 Å². The first-order valence-electron chi connectivity index (χ1n) is 10.9. The summed E-state index contributed by atoms with van der Waals surface area (Å²) in [7, 11) is 3.10. The Balaban J connectivity index is 1.46. The predicted molar refractivity (Wildman–Crippen MR) is 143 cm³/mol. The van der Waals surface area contributed by atoms with Gasteiger partial charge in [-0.15, -0.1) is 0 Å². The number of rotatable bonds is 10. The van der Waals surface area contributed by atoms with E-state index in [1.165, 1.54) is 18.9 Å². The van der Waals surface area contributed by atoms with E-state index >= 15 is 0 Å². The van der Waals surface area contributed by atoms with Crippen LogP contribution in [0.5, 0.6) is 23.0 Å². The molecule has 1 aliphatic rings. The van der Waals surface area contributed by atoms with Crippen LogP contribution in [-0.2, 0) is 18.0 Å². The zero-order valence-electron chi connectivity index (χ0n) is 19.6. The summed E-state index contributed by atoms with van der Waals surface area (Å²) < 4.78 is 23.4. The van der Waals surface area contributed by atoms with Gasteiger partial charge in [0.25, 0.3) is 5.91 Å². The Morgan fingerprint density at radius 3 is 1.89 bits per heavy atom. The van der Waals surface area contributed by atoms with Gasteiger partial charge in [-0.05, 0) is 53.1 Å². The average molecular weight is 522 g/mol. The number of hydrogen-bond donors (Lipinski definition) is 1. The minimum Gasteiger partial charge on any atom is -0.493 e. The summed E-state index contributed by atoms with van der Waals surface area (Å²) in [5.74, 6) is 1.94. The summed E-state index contributed by atoms with van der Waals surface area (Å²) in [4.78, 5) is 23.5. The number of benzene rings is 3. The SMILES string of the molecule is COc1cc(C=O)ccc1OCc1ccccc1COc1ccc(/C=C2/SC(=S)NC2=O)cc1OC. The number of methoxy groups -OCH3 is 2. The van der Waals surface area contributed by atoms with Crippen LogP contribution in [0, 0.1) is 0 Å². The minimum atomic E-state index is -0.208. The van der Waals surface area contributed by atoms with Gasteiger partial charge in [-0.2, -0.15) is 0 Å². The average Bonchev–Trinajstić information content (AvgIpc) is 3.22. The maximum Gasteiger partial charge on any atom is 0.263 e. The highest BCUT2D eigenvalue weighted by atomic mass is 32.2. The second kappa shape index (κ2) is 11.7. The second-order valence-electron chi connectivity index (χ2n) is 7.64. The number of nitrogens with one attached hydrogen (secondary N) is 1. The second-order valence-corrected chi connectivity index (χ2v) is 9.36. The fourth-order valence-corrected chi connectivity index (χ4v) is 4.54. The maximum absolute atomic E-state index is 11.9. The Bertz CT molecular complexity index is 1340. The van der Waals surface area contributed by atoms with Crippen LogP contribution in [0.1, 0.15) is 27.0 Å². The summed E-state index contributed by atoms with van der Waals surface area (Å²) in [5, 5.41) is 2.60. The van der Waals surface area contributed by atoms with E-state index in [4.69, 9.17) is 31.2 Å². The summed E-state index contributed by atoms with van der Waals surface area (Å²) in [6.45, 7) is 0.589. The van der Waals surface area contributed by atoms with Crippen molar-refractivity contribution in [1.29, 1.82) is 0 Å². The van der Waals surface area contributed by atoms with Gasteiger partial charge in [-0.25, -0.2) is 0 Å². The molecule has 1 aliphatic heterocycles. The molecular weight excluding hydrogens is 498 g/mol. The van der Waals surface area contributed by atoms with Gasteiger partial charge in [0, 0.05) is 5.56 Å². The molecule has 0 aliphatic carbocycles. The molecule has 0 atom stereocenters. The van der Waals surface area contributed by atoms with Crippen LogP contribution in [0.2, 0.25) is 0 Å². The Morgan fingerprint density at radius 1 is 0.833 bits per heavy atom. The molecule has 0 unspecified atom stereocenters. The number of thiocarbonyl (C=S) groups is 1. The number of thioether (sulfide) groups is 1. The van der Waals surface area contributed by atoms with Crippen LogP contribution in [0.4, 0.5) is 0 Å². The zero-order chi connectivity index (χ0) is 25.5. The lowest BCUT2D eigenvalue weighted by Crippen LogP contribution is -2.17. The van der Waals surface area contributed by atoms with Crippen molar-refractivity contribution in [2.24, 2.45) is 0 Å². The normalized spacial score (nSPS) is 13.9. The quantitative estimate of drug-likeness (QED) is 0.223. The Kier molecular flexibility index (Phi) is 8.24. The molecule has 7 nitrogen and oxygen atoms in total. The summed E-state index contributed by atoms with van der Waals surface area (Å²) in [6, 6.07) is 18.3. The van der Waals surface area contributed by atoms with Crippen LogP contribution >= 0.6 is 24.0 Å². The fraction of sp³-hybridized carbons (Fsp3) is 0.148. The molecular formula is C27H23NO6S2. The van der Waals surface area contributed by atoms with Crippen LogP contribution in [0.25, 0.3) is 6.08 Å². The van der Waals surface area contributed by atoms with E-state index in [0.29, 0.717) is 51.0 Å². The van der Waals surface area contributed by atoms with E-state index in [0.717, 1.165) is 23.0 Å². The van der Waals surface area contributed by atoms with Crippen LogP contribution in [0.15, 0.2) is 65.6 Å². The van der Waals surface area contributed by atoms with Crippen LogP contribution in [0.3, 0.4) is 0 Å². The van der Waals surface area contributed by atoms with Crippen molar-refractivity contribution in [1.82, 2.24) is 5.32 Å². The molecule has 36 heavy (non-hydrogen) atoms. The van der Waals surface area contributed by atoms with Crippen molar-refractivity contribution in [3.05, 3.63) is 87.8 Å². The topological polar surface area (TPSA) is 83.1 Å². The first-order valence-corrected chi connectivity index (χ1v) is 12.1. The molecule has 4 rings (SSSR count). The highest BCUT2D eigenvalue weighted by Gasteiger charge is 2.22. The Labute approximate surface area is 218 Å². The molecule has 0 bridgehead atoms. The van der Waals surface area contributed by atoms with Crippen molar-refractivity contribution in [3.8, 4) is 23.0 Å². The van der Waals surface area contributed by atoms with Crippen LogP contribution < -0.4 is 24.3 Å². The maximum atomic E-state index is 11.9. The molecule has 9 heteroatoms. The summed E-state index contributed by atoms with van der Waals surface area (Å²) in [5.41, 5.74) is 3.20. The van der Waals surface area contributed by atoms with E-state index in [1.54, 1.807) is 37.5 Å². The third-order valence-electron chi connectivity index (χ3n) is 5.34. The fourth-order valence-electron chi connectivity index (χ4n) is 3.49. The zero-order valence-corrected chi connectivity index (χ0v) is 21.2. The van der Waals surface area contributed by atoms with E-state index in [-0.39, 0.29) is 5.91 Å². The third-order valence-corrected chi connectivity index (χ3v) is 6.50. The van der Waals surface area contributed by atoms with Gasteiger partial charge in [0.1, 0.15) is 23.8 Å². The molecule has 184 valence electrons. The largest absolute Gasteiger partial charge is 0.493 e. The summed E-state index contributed by atoms with van der Waals surface area (Å²) in [6.07, 6.45) is 2.52. The van der Waals surface area contributed by atoms with E-state index in [1.807, 2.05) is 36.4 Å². The predicted octanol–water partition coefficient (Wildman–Crippen LogP) is 5.16. The molecule has 3 aromatic carbocycles. The van der Waals surface area contributed by atoms with Gasteiger partial charge in [0.05, 0.1) is 19.1 Å². The van der Waals surface area contributed by atoms with Gasteiger partial charge in [-0.1, -0.05) is 54.3 Å². The van der Waals surface area contributed by atoms with Gasteiger partial charge >= 0.3 is 0 Å². The van der Waals surface area contributed by atoms with Crippen molar-refractivity contribution in [2.75, 3.05) is 14.2 Å². The van der Waals surface area contributed by atoms with Crippen molar-refractivity contribution >= 4 is 46.6 Å². The smallest absolute Gasteiger partial charge is 0.263 e. The van der Waals surface area contributed by atoms with Gasteiger partial charge in [0.2, 0.25) is 0 Å². The lowest BCUT2D eigenvalue weighted by atomic mass is 10.1. The lowest BCUT2D eigenvalue weighted by molar-refractivity contribution is -0.115. The molecule has 0 aromatic heterocycles. The van der Waals surface area contributed by atoms with Gasteiger partial charge in [-0.3, -0.25) is 9.59 Å². The molecule has 1 saturated heterocycles. The standard InChI is InChI=1S/C27H23NO6S2/c1-31-23-11-17(13-25-26(30)28-27(35)36-25)7-9-21(23)33-15-19-5-3-4-6-20(19)16-34-22-10-8-18(14-29)12-24(22)32-2/h3-14H,15-16H2,1-2H3,(H,28,30,35)/b25-13+. The molecule has 1 fully saturated rings. The summed E-state index contributed by atoms with van der Waals surface area (Å²) >= 11 is 6.26. The Hall–Kier alpha value is -3.82. The molecule has 1 heterocycles. The molecule has 3 aromatic rings. The number of carbonyl (C=O) groups excluding carboxylic acids is 2. The highest BCUT2D eigenvalue weighted by molar-refractivity contribution is 8.26. The minimum absolute atomic E-state index is 0.208. The number of carbonyl (C=O) groups is 2. The number of amides is 1. The number of ether oxygens (including phenoxy) is 4. The van der Waals surface area contributed by atoms with E-state index < -0.39 is 0 Å². The molecule has 0 spiro atoms. The number of aldehydes is 1. The molecule has 0 radical (unpaired) electrons. The third kappa shape index (κ3) is 6.05.